The molecular formula is C20H22N4O4S. The number of nitrogens with zero attached hydrogens (tertiary/aromatic N) is 2. The Kier molecular flexibility index (Phi) is 5.60. The van der Waals surface area contributed by atoms with Crippen LogP contribution in [0.15, 0.2) is 53.7 Å². The van der Waals surface area contributed by atoms with Crippen LogP contribution in [0.2, 0.25) is 0 Å². The normalized spacial score (nSPS) is 11.3. The molecule has 2 aromatic heterocycles. The molecule has 3 aromatic rings. The summed E-state index contributed by atoms with van der Waals surface area (Å²) in [6.45, 7) is 3.98. The van der Waals surface area contributed by atoms with Crippen LogP contribution in [0.25, 0.3) is 0 Å². The lowest BCUT2D eigenvalue weighted by Gasteiger charge is -2.11. The standard InChI is InChI=1S/C20H22N4O4S/c1-13-9-19(21)23-14(2)18(13)11-22-20(25)15-7-8-24(12-15)29(26,27)17-6-4-5-16(10-17)28-3/h4-10,12H,11H2,1-3H3,(H2,21,23)(H,22,25). The fraction of sp³-hybridized carbons (Fsp3) is 0.200. The van der Waals surface area contributed by atoms with Crippen molar-refractivity contribution in [3.63, 3.8) is 0 Å². The molecule has 1 amide bonds. The number of rotatable bonds is 6. The first-order chi connectivity index (χ1) is 13.7. The number of carbonyl (C=O) groups is 1. The molecular weight excluding hydrogens is 392 g/mol. The average molecular weight is 414 g/mol. The summed E-state index contributed by atoms with van der Waals surface area (Å²) in [5.41, 5.74) is 8.48. The van der Waals surface area contributed by atoms with Gasteiger partial charge in [-0.25, -0.2) is 17.4 Å². The summed E-state index contributed by atoms with van der Waals surface area (Å²) >= 11 is 0. The Labute approximate surface area is 169 Å². The van der Waals surface area contributed by atoms with Gasteiger partial charge in [0, 0.05) is 30.7 Å². The maximum absolute atomic E-state index is 12.8. The van der Waals surface area contributed by atoms with E-state index in [-0.39, 0.29) is 22.9 Å². The molecule has 3 N–H and O–H groups in total. The van der Waals surface area contributed by atoms with E-state index in [9.17, 15) is 13.2 Å². The number of hydrogen-bond donors (Lipinski definition) is 2. The average Bonchev–Trinajstić information content (AvgIpc) is 3.18. The van der Waals surface area contributed by atoms with E-state index < -0.39 is 10.0 Å². The molecule has 0 atom stereocenters. The van der Waals surface area contributed by atoms with Crippen LogP contribution in [0, 0.1) is 13.8 Å². The van der Waals surface area contributed by atoms with Gasteiger partial charge in [-0.3, -0.25) is 4.79 Å². The summed E-state index contributed by atoms with van der Waals surface area (Å²) in [7, 11) is -2.37. The molecule has 29 heavy (non-hydrogen) atoms. The molecule has 0 radical (unpaired) electrons. The van der Waals surface area contributed by atoms with Crippen molar-refractivity contribution in [2.24, 2.45) is 0 Å². The van der Waals surface area contributed by atoms with Gasteiger partial charge in [-0.2, -0.15) is 0 Å². The molecule has 0 aliphatic heterocycles. The molecule has 8 nitrogen and oxygen atoms in total. The molecule has 0 fully saturated rings. The van der Waals surface area contributed by atoms with Crippen molar-refractivity contribution in [1.82, 2.24) is 14.3 Å². The van der Waals surface area contributed by atoms with Crippen LogP contribution in [0.5, 0.6) is 5.75 Å². The van der Waals surface area contributed by atoms with Gasteiger partial charge in [0.05, 0.1) is 17.6 Å². The van der Waals surface area contributed by atoms with E-state index >= 15 is 0 Å². The SMILES string of the molecule is COc1cccc(S(=O)(=O)n2ccc(C(=O)NCc3c(C)cc(N)nc3C)c2)c1. The van der Waals surface area contributed by atoms with Crippen molar-refractivity contribution in [2.45, 2.75) is 25.3 Å². The van der Waals surface area contributed by atoms with Crippen LogP contribution in [-0.4, -0.2) is 30.4 Å². The Bertz CT molecular complexity index is 1150. The fourth-order valence-electron chi connectivity index (χ4n) is 2.97. The lowest BCUT2D eigenvalue weighted by atomic mass is 10.1. The minimum absolute atomic E-state index is 0.0682. The van der Waals surface area contributed by atoms with Crippen molar-refractivity contribution in [2.75, 3.05) is 12.8 Å². The topological polar surface area (TPSA) is 116 Å². The van der Waals surface area contributed by atoms with Crippen molar-refractivity contribution in [3.8, 4) is 5.75 Å². The summed E-state index contributed by atoms with van der Waals surface area (Å²) in [6, 6.07) is 9.34. The van der Waals surface area contributed by atoms with Crippen molar-refractivity contribution < 1.29 is 17.9 Å². The predicted octanol–water partition coefficient (Wildman–Crippen LogP) is 2.26. The molecule has 1 aromatic carbocycles. The number of pyridine rings is 1. The van der Waals surface area contributed by atoms with Crippen LogP contribution < -0.4 is 15.8 Å². The molecule has 9 heteroatoms. The van der Waals surface area contributed by atoms with Crippen molar-refractivity contribution in [3.05, 3.63) is 71.2 Å². The number of aromatic nitrogens is 2. The molecule has 0 unspecified atom stereocenters. The third-order valence-electron chi connectivity index (χ3n) is 4.55. The molecule has 2 heterocycles. The molecule has 0 spiro atoms. The van der Waals surface area contributed by atoms with E-state index in [2.05, 4.69) is 10.3 Å². The van der Waals surface area contributed by atoms with E-state index in [0.717, 1.165) is 20.8 Å². The lowest BCUT2D eigenvalue weighted by molar-refractivity contribution is 0.0951. The molecule has 0 saturated carbocycles. The van der Waals surface area contributed by atoms with Crippen LogP contribution in [0.3, 0.4) is 0 Å². The number of amides is 1. The predicted molar refractivity (Wildman–Crippen MR) is 109 cm³/mol. The number of aryl methyl sites for hydroxylation is 2. The quantitative estimate of drug-likeness (QED) is 0.639. The molecule has 0 aliphatic rings. The highest BCUT2D eigenvalue weighted by Crippen LogP contribution is 2.20. The Balaban J connectivity index is 1.78. The van der Waals surface area contributed by atoms with E-state index in [1.807, 2.05) is 13.8 Å². The second kappa shape index (κ2) is 7.96. The number of nitrogens with two attached hydrogens (primary N) is 1. The number of carbonyl (C=O) groups excluding carboxylic acids is 1. The summed E-state index contributed by atoms with van der Waals surface area (Å²) in [5, 5.41) is 2.79. The first-order valence-electron chi connectivity index (χ1n) is 8.81. The van der Waals surface area contributed by atoms with E-state index in [1.165, 1.54) is 37.7 Å². The Morgan fingerprint density at radius 3 is 2.69 bits per heavy atom. The van der Waals surface area contributed by atoms with E-state index in [4.69, 9.17) is 10.5 Å². The maximum atomic E-state index is 12.8. The first kappa shape index (κ1) is 20.4. The molecule has 0 aliphatic carbocycles. The number of ether oxygens (including phenoxy) is 1. The number of nitrogen functional groups attached to an aromatic ring is 1. The van der Waals surface area contributed by atoms with Gasteiger partial charge in [-0.05, 0) is 49.2 Å². The Hall–Kier alpha value is -3.33. The summed E-state index contributed by atoms with van der Waals surface area (Å²) in [6.07, 6.45) is 2.62. The number of anilines is 1. The first-order valence-corrected chi connectivity index (χ1v) is 10.2. The van der Waals surface area contributed by atoms with Crippen molar-refractivity contribution >= 4 is 21.7 Å². The van der Waals surface area contributed by atoms with E-state index in [1.54, 1.807) is 18.2 Å². The zero-order chi connectivity index (χ0) is 21.2. The molecule has 3 rings (SSSR count). The number of methoxy groups -OCH3 is 1. The largest absolute Gasteiger partial charge is 0.497 e. The monoisotopic (exact) mass is 414 g/mol. The number of benzene rings is 1. The van der Waals surface area contributed by atoms with Gasteiger partial charge in [0.2, 0.25) is 0 Å². The zero-order valence-corrected chi connectivity index (χ0v) is 17.2. The van der Waals surface area contributed by atoms with Gasteiger partial charge < -0.3 is 15.8 Å². The summed E-state index contributed by atoms with van der Waals surface area (Å²) < 4.78 is 31.7. The van der Waals surface area contributed by atoms with Gasteiger partial charge in [-0.1, -0.05) is 6.07 Å². The van der Waals surface area contributed by atoms with E-state index in [0.29, 0.717) is 11.6 Å². The highest BCUT2D eigenvalue weighted by atomic mass is 32.2. The van der Waals surface area contributed by atoms with Crippen molar-refractivity contribution in [1.29, 1.82) is 0 Å². The van der Waals surface area contributed by atoms with Crippen LogP contribution in [-0.2, 0) is 16.6 Å². The lowest BCUT2D eigenvalue weighted by Crippen LogP contribution is -2.24. The fourth-order valence-corrected chi connectivity index (χ4v) is 4.20. The highest BCUT2D eigenvalue weighted by molar-refractivity contribution is 7.90. The summed E-state index contributed by atoms with van der Waals surface area (Å²) in [5.74, 6) is 0.467. The molecule has 152 valence electrons. The van der Waals surface area contributed by atoms with Gasteiger partial charge in [0.15, 0.2) is 0 Å². The van der Waals surface area contributed by atoms with Crippen LogP contribution in [0.4, 0.5) is 5.82 Å². The number of hydrogen-bond acceptors (Lipinski definition) is 6. The third-order valence-corrected chi connectivity index (χ3v) is 6.18. The molecule has 0 bridgehead atoms. The smallest absolute Gasteiger partial charge is 0.267 e. The zero-order valence-electron chi connectivity index (χ0n) is 16.3. The van der Waals surface area contributed by atoms with Gasteiger partial charge in [0.25, 0.3) is 15.9 Å². The van der Waals surface area contributed by atoms with Crippen LogP contribution in [0.1, 0.15) is 27.2 Å². The number of nitrogens with one attached hydrogen (secondary N) is 1. The van der Waals surface area contributed by atoms with Crippen LogP contribution >= 0.6 is 0 Å². The minimum Gasteiger partial charge on any atom is -0.497 e. The Morgan fingerprint density at radius 2 is 2.00 bits per heavy atom. The minimum atomic E-state index is -3.84. The second-order valence-corrected chi connectivity index (χ2v) is 8.37. The third kappa shape index (κ3) is 4.24. The van der Waals surface area contributed by atoms with Gasteiger partial charge in [0.1, 0.15) is 11.6 Å². The van der Waals surface area contributed by atoms with Gasteiger partial charge in [-0.15, -0.1) is 0 Å². The molecule has 0 saturated heterocycles. The Morgan fingerprint density at radius 1 is 1.24 bits per heavy atom. The maximum Gasteiger partial charge on any atom is 0.267 e. The highest BCUT2D eigenvalue weighted by Gasteiger charge is 2.19. The van der Waals surface area contributed by atoms with Gasteiger partial charge >= 0.3 is 0 Å². The summed E-state index contributed by atoms with van der Waals surface area (Å²) in [4.78, 5) is 16.8. The second-order valence-electron chi connectivity index (χ2n) is 6.52.